The molecule has 1 aromatic rings. The number of rotatable bonds is 4. The maximum Gasteiger partial charge on any atom is 0.407 e. The van der Waals surface area contributed by atoms with E-state index in [9.17, 15) is 4.79 Å². The second-order valence-corrected chi connectivity index (χ2v) is 6.70. The highest BCUT2D eigenvalue weighted by molar-refractivity contribution is 5.68. The Morgan fingerprint density at radius 3 is 2.67 bits per heavy atom. The highest BCUT2D eigenvalue weighted by Crippen LogP contribution is 2.18. The van der Waals surface area contributed by atoms with Crippen LogP contribution in [0.15, 0.2) is 30.3 Å². The lowest BCUT2D eigenvalue weighted by atomic mass is 9.93. The molecule has 1 amide bonds. The fourth-order valence-corrected chi connectivity index (χ4v) is 2.68. The number of nitrogens with one attached hydrogen (secondary N) is 2. The van der Waals surface area contributed by atoms with Crippen molar-refractivity contribution in [2.75, 3.05) is 13.1 Å². The number of hydrogen-bond donors (Lipinski definition) is 2. The molecule has 2 N–H and O–H groups in total. The van der Waals surface area contributed by atoms with Gasteiger partial charge in [-0.2, -0.15) is 0 Å². The Hall–Kier alpha value is -1.55. The molecule has 116 valence electrons. The second kappa shape index (κ2) is 6.94. The highest BCUT2D eigenvalue weighted by atomic mass is 16.6. The summed E-state index contributed by atoms with van der Waals surface area (Å²) in [5, 5.41) is 6.43. The molecule has 21 heavy (non-hydrogen) atoms. The molecule has 1 aromatic carbocycles. The van der Waals surface area contributed by atoms with Gasteiger partial charge in [-0.15, -0.1) is 0 Å². The van der Waals surface area contributed by atoms with Crippen LogP contribution in [0.5, 0.6) is 0 Å². The van der Waals surface area contributed by atoms with E-state index in [1.54, 1.807) is 0 Å². The molecule has 0 radical (unpaired) electrons. The molecule has 2 rings (SSSR count). The van der Waals surface area contributed by atoms with Crippen LogP contribution in [0.25, 0.3) is 0 Å². The third-order valence-corrected chi connectivity index (χ3v) is 3.67. The Morgan fingerprint density at radius 2 is 2.10 bits per heavy atom. The summed E-state index contributed by atoms with van der Waals surface area (Å²) < 4.78 is 5.40. The van der Waals surface area contributed by atoms with Crippen LogP contribution in [-0.4, -0.2) is 30.8 Å². The first-order valence-electron chi connectivity index (χ1n) is 7.68. The third-order valence-electron chi connectivity index (χ3n) is 3.67. The van der Waals surface area contributed by atoms with Crippen molar-refractivity contribution < 1.29 is 9.53 Å². The Morgan fingerprint density at radius 1 is 1.38 bits per heavy atom. The van der Waals surface area contributed by atoms with Crippen LogP contribution in [0, 0.1) is 5.92 Å². The van der Waals surface area contributed by atoms with Crippen molar-refractivity contribution in [2.24, 2.45) is 5.92 Å². The number of carbonyl (C=O) groups excluding carboxylic acids is 1. The Bertz CT molecular complexity index is 448. The van der Waals surface area contributed by atoms with Crippen LogP contribution in [-0.2, 0) is 11.2 Å². The first-order chi connectivity index (χ1) is 9.94. The summed E-state index contributed by atoms with van der Waals surface area (Å²) in [4.78, 5) is 12.1. The molecule has 1 aliphatic heterocycles. The van der Waals surface area contributed by atoms with Crippen molar-refractivity contribution in [3.63, 3.8) is 0 Å². The van der Waals surface area contributed by atoms with E-state index >= 15 is 0 Å². The molecule has 0 spiro atoms. The van der Waals surface area contributed by atoms with Gasteiger partial charge in [-0.05, 0) is 58.2 Å². The summed E-state index contributed by atoms with van der Waals surface area (Å²) >= 11 is 0. The van der Waals surface area contributed by atoms with E-state index in [-0.39, 0.29) is 12.1 Å². The largest absolute Gasteiger partial charge is 0.444 e. The van der Waals surface area contributed by atoms with Crippen molar-refractivity contribution in [1.82, 2.24) is 10.6 Å². The molecule has 1 fully saturated rings. The van der Waals surface area contributed by atoms with Crippen LogP contribution < -0.4 is 10.6 Å². The van der Waals surface area contributed by atoms with Gasteiger partial charge in [-0.1, -0.05) is 30.3 Å². The minimum absolute atomic E-state index is 0.109. The molecule has 0 aromatic heterocycles. The molecule has 0 bridgehead atoms. The van der Waals surface area contributed by atoms with Crippen molar-refractivity contribution in [1.29, 1.82) is 0 Å². The van der Waals surface area contributed by atoms with Gasteiger partial charge in [0.1, 0.15) is 5.60 Å². The Labute approximate surface area is 127 Å². The lowest BCUT2D eigenvalue weighted by Crippen LogP contribution is -2.44. The molecule has 1 saturated heterocycles. The molecule has 4 nitrogen and oxygen atoms in total. The third kappa shape index (κ3) is 5.38. The summed E-state index contributed by atoms with van der Waals surface area (Å²) in [5.41, 5.74) is 0.778. The first kappa shape index (κ1) is 15.8. The molecule has 0 aliphatic carbocycles. The van der Waals surface area contributed by atoms with Gasteiger partial charge in [0.25, 0.3) is 0 Å². The van der Waals surface area contributed by atoms with Crippen LogP contribution in [0.4, 0.5) is 4.79 Å². The quantitative estimate of drug-likeness (QED) is 0.896. The topological polar surface area (TPSA) is 50.4 Å². The number of amides is 1. The van der Waals surface area contributed by atoms with Crippen molar-refractivity contribution >= 4 is 6.09 Å². The summed E-state index contributed by atoms with van der Waals surface area (Å²) in [6, 6.07) is 10.4. The van der Waals surface area contributed by atoms with Crippen LogP contribution >= 0.6 is 0 Å². The summed E-state index contributed by atoms with van der Waals surface area (Å²) in [5.74, 6) is 0.456. The number of ether oxygens (including phenoxy) is 1. The van der Waals surface area contributed by atoms with Crippen LogP contribution in [0.3, 0.4) is 0 Å². The van der Waals surface area contributed by atoms with E-state index in [0.717, 1.165) is 25.9 Å². The zero-order valence-electron chi connectivity index (χ0n) is 13.2. The maximum absolute atomic E-state index is 12.1. The van der Waals surface area contributed by atoms with Gasteiger partial charge in [0, 0.05) is 6.04 Å². The fraction of sp³-hybridized carbons (Fsp3) is 0.588. The van der Waals surface area contributed by atoms with Gasteiger partial charge in [0.15, 0.2) is 0 Å². The van der Waals surface area contributed by atoms with E-state index < -0.39 is 5.60 Å². The number of benzene rings is 1. The molecular formula is C17H26N2O2. The second-order valence-electron chi connectivity index (χ2n) is 6.70. The highest BCUT2D eigenvalue weighted by Gasteiger charge is 2.28. The van der Waals surface area contributed by atoms with Gasteiger partial charge in [-0.3, -0.25) is 0 Å². The summed E-state index contributed by atoms with van der Waals surface area (Å²) in [7, 11) is 0. The molecule has 2 atom stereocenters. The Kier molecular flexibility index (Phi) is 5.23. The van der Waals surface area contributed by atoms with E-state index in [4.69, 9.17) is 4.74 Å². The first-order valence-corrected chi connectivity index (χ1v) is 7.68. The van der Waals surface area contributed by atoms with Gasteiger partial charge >= 0.3 is 6.09 Å². The predicted molar refractivity (Wildman–Crippen MR) is 84.3 cm³/mol. The maximum atomic E-state index is 12.1. The number of alkyl carbamates (subject to hydrolysis) is 1. The normalized spacial score (nSPS) is 20.0. The number of hydrogen-bond acceptors (Lipinski definition) is 3. The minimum Gasteiger partial charge on any atom is -0.444 e. The molecule has 1 heterocycles. The van der Waals surface area contributed by atoms with Crippen LogP contribution in [0.2, 0.25) is 0 Å². The fourth-order valence-electron chi connectivity index (χ4n) is 2.68. The smallest absolute Gasteiger partial charge is 0.407 e. The zero-order chi connectivity index (χ0) is 15.3. The monoisotopic (exact) mass is 290 g/mol. The SMILES string of the molecule is CC(C)(C)OC(=O)N[C@H](Cc1ccccc1)[C@H]1CCNC1. The van der Waals surface area contributed by atoms with Crippen LogP contribution in [0.1, 0.15) is 32.8 Å². The zero-order valence-corrected chi connectivity index (χ0v) is 13.2. The van der Waals surface area contributed by atoms with Gasteiger partial charge in [0.2, 0.25) is 0 Å². The average molecular weight is 290 g/mol. The minimum atomic E-state index is -0.463. The van der Waals surface area contributed by atoms with E-state index in [1.165, 1.54) is 5.56 Å². The van der Waals surface area contributed by atoms with Gasteiger partial charge in [0.05, 0.1) is 0 Å². The summed E-state index contributed by atoms with van der Waals surface area (Å²) in [6.45, 7) is 7.63. The van der Waals surface area contributed by atoms with Gasteiger partial charge < -0.3 is 15.4 Å². The molecule has 0 unspecified atom stereocenters. The van der Waals surface area contributed by atoms with Crippen molar-refractivity contribution in [3.8, 4) is 0 Å². The lowest BCUT2D eigenvalue weighted by Gasteiger charge is -2.27. The standard InChI is InChI=1S/C17H26N2O2/c1-17(2,3)21-16(20)19-15(14-9-10-18-12-14)11-13-7-5-4-6-8-13/h4-8,14-15,18H,9-12H2,1-3H3,(H,19,20)/t14-,15+/m0/s1. The van der Waals surface area contributed by atoms with E-state index in [1.807, 2.05) is 39.0 Å². The van der Waals surface area contributed by atoms with E-state index in [0.29, 0.717) is 5.92 Å². The predicted octanol–water partition coefficient (Wildman–Crippen LogP) is 2.73. The van der Waals surface area contributed by atoms with Crippen molar-refractivity contribution in [2.45, 2.75) is 45.3 Å². The molecule has 0 saturated carbocycles. The number of carbonyl (C=O) groups is 1. The summed E-state index contributed by atoms with van der Waals surface area (Å²) in [6.07, 6.45) is 1.61. The molecule has 4 heteroatoms. The van der Waals surface area contributed by atoms with Gasteiger partial charge in [-0.25, -0.2) is 4.79 Å². The molecular weight excluding hydrogens is 264 g/mol. The lowest BCUT2D eigenvalue weighted by molar-refractivity contribution is 0.0488. The average Bonchev–Trinajstić information content (AvgIpc) is 2.90. The molecule has 1 aliphatic rings. The van der Waals surface area contributed by atoms with Crippen molar-refractivity contribution in [3.05, 3.63) is 35.9 Å². The Balaban J connectivity index is 2.00. The van der Waals surface area contributed by atoms with E-state index in [2.05, 4.69) is 22.8 Å².